The zero-order valence-electron chi connectivity index (χ0n) is 12.2. The average molecular weight is 367 g/mol. The Morgan fingerprint density at radius 3 is 2.92 bits per heavy atom. The summed E-state index contributed by atoms with van der Waals surface area (Å²) in [4.78, 5) is 37.8. The van der Waals surface area contributed by atoms with E-state index in [4.69, 9.17) is 5.21 Å². The number of hydrogen-bond acceptors (Lipinski definition) is 7. The van der Waals surface area contributed by atoms with Crippen LogP contribution in [0.3, 0.4) is 0 Å². The van der Waals surface area contributed by atoms with Crippen LogP contribution in [0.25, 0.3) is 0 Å². The lowest BCUT2D eigenvalue weighted by Crippen LogP contribution is -2.70. The average Bonchev–Trinajstić information content (AvgIpc) is 3.05. The molecule has 24 heavy (non-hydrogen) atoms. The lowest BCUT2D eigenvalue weighted by Gasteiger charge is -2.49. The van der Waals surface area contributed by atoms with Gasteiger partial charge in [-0.2, -0.15) is 0 Å². The summed E-state index contributed by atoms with van der Waals surface area (Å²) in [6, 6.07) is 2.93. The van der Waals surface area contributed by atoms with Crippen molar-refractivity contribution in [2.45, 2.75) is 17.8 Å². The Bertz CT molecular complexity index is 744. The highest BCUT2D eigenvalue weighted by molar-refractivity contribution is 8.00. The molecule has 2 aliphatic rings. The van der Waals surface area contributed by atoms with E-state index in [0.29, 0.717) is 0 Å². The number of rotatable bonds is 5. The Kier molecular flexibility index (Phi) is 4.58. The van der Waals surface area contributed by atoms with Crippen molar-refractivity contribution in [3.63, 3.8) is 0 Å². The smallest absolute Gasteiger partial charge is 0.353 e. The summed E-state index contributed by atoms with van der Waals surface area (Å²) >= 11 is 2.77. The molecule has 8 nitrogen and oxygen atoms in total. The standard InChI is InChI=1S/C14H13N3O5S2/c18-9(4-8-2-1-3-23-8)16-10-12(19)17-11(14(20)21)7(5-15-22)6-24-13(10)17/h1-3,5,10,13,22H,4,6H2,(H,16,18)(H,20,21)/b15-5+/t10-,13-/m1/s1. The molecule has 2 aliphatic heterocycles. The van der Waals surface area contributed by atoms with E-state index in [0.717, 1.165) is 16.0 Å². The number of amides is 2. The summed E-state index contributed by atoms with van der Waals surface area (Å²) in [5.41, 5.74) is 0.0493. The van der Waals surface area contributed by atoms with Crippen LogP contribution in [0.4, 0.5) is 0 Å². The molecular formula is C14H13N3O5S2. The second kappa shape index (κ2) is 6.65. The number of nitrogens with zero attached hydrogens (tertiary/aromatic N) is 2. The Labute approximate surface area is 144 Å². The van der Waals surface area contributed by atoms with Crippen molar-refractivity contribution >= 4 is 47.1 Å². The zero-order chi connectivity index (χ0) is 17.3. The van der Waals surface area contributed by atoms with Gasteiger partial charge in [0.1, 0.15) is 17.1 Å². The van der Waals surface area contributed by atoms with Crippen LogP contribution >= 0.6 is 23.1 Å². The molecule has 0 radical (unpaired) electrons. The Balaban J connectivity index is 1.72. The van der Waals surface area contributed by atoms with Gasteiger partial charge in [0.05, 0.1) is 12.6 Å². The van der Waals surface area contributed by atoms with Gasteiger partial charge in [-0.1, -0.05) is 11.2 Å². The Hall–Kier alpha value is -2.33. The highest BCUT2D eigenvalue weighted by Gasteiger charge is 2.54. The van der Waals surface area contributed by atoms with Crippen molar-refractivity contribution in [1.82, 2.24) is 10.2 Å². The van der Waals surface area contributed by atoms with Crippen LogP contribution in [0.2, 0.25) is 0 Å². The second-order valence-electron chi connectivity index (χ2n) is 5.13. The first kappa shape index (κ1) is 16.5. The number of hydrogen-bond donors (Lipinski definition) is 3. The third-order valence-electron chi connectivity index (χ3n) is 3.65. The second-order valence-corrected chi connectivity index (χ2v) is 7.27. The van der Waals surface area contributed by atoms with Gasteiger partial charge >= 0.3 is 5.97 Å². The molecule has 0 spiro atoms. The van der Waals surface area contributed by atoms with Crippen LogP contribution in [0, 0.1) is 0 Å². The number of carboxylic acids is 1. The lowest BCUT2D eigenvalue weighted by molar-refractivity contribution is -0.150. The predicted octanol–water partition coefficient (Wildman–Crippen LogP) is 0.489. The third-order valence-corrected chi connectivity index (χ3v) is 5.82. The molecule has 0 aliphatic carbocycles. The fraction of sp³-hybridized carbons (Fsp3) is 0.286. The predicted molar refractivity (Wildman–Crippen MR) is 88.0 cm³/mol. The van der Waals surface area contributed by atoms with Crippen molar-refractivity contribution in [1.29, 1.82) is 0 Å². The molecule has 1 aromatic heterocycles. The van der Waals surface area contributed by atoms with Crippen molar-refractivity contribution < 1.29 is 24.7 Å². The number of thioether (sulfide) groups is 1. The van der Waals surface area contributed by atoms with E-state index in [1.807, 2.05) is 17.5 Å². The summed E-state index contributed by atoms with van der Waals surface area (Å²) in [7, 11) is 0. The van der Waals surface area contributed by atoms with Crippen LogP contribution < -0.4 is 5.32 Å². The first-order valence-electron chi connectivity index (χ1n) is 6.93. The maximum Gasteiger partial charge on any atom is 0.353 e. The number of carbonyl (C=O) groups is 3. The number of carboxylic acid groups (broad SMARTS) is 1. The highest BCUT2D eigenvalue weighted by Crippen LogP contribution is 2.39. The van der Waals surface area contributed by atoms with E-state index in [9.17, 15) is 19.5 Å². The Morgan fingerprint density at radius 2 is 2.29 bits per heavy atom. The number of aliphatic carboxylic acids is 1. The van der Waals surface area contributed by atoms with Crippen LogP contribution in [0.5, 0.6) is 0 Å². The summed E-state index contributed by atoms with van der Waals surface area (Å²) in [5, 5.41) is 24.9. The largest absolute Gasteiger partial charge is 0.477 e. The number of oxime groups is 1. The van der Waals surface area contributed by atoms with Gasteiger partial charge in [-0.25, -0.2) is 4.79 Å². The summed E-state index contributed by atoms with van der Waals surface area (Å²) in [6.07, 6.45) is 1.20. The maximum absolute atomic E-state index is 12.3. The van der Waals surface area contributed by atoms with Crippen LogP contribution in [-0.4, -0.2) is 56.4 Å². The molecule has 0 unspecified atom stereocenters. The molecule has 10 heteroatoms. The van der Waals surface area contributed by atoms with Crippen LogP contribution in [-0.2, 0) is 20.8 Å². The van der Waals surface area contributed by atoms with E-state index in [1.54, 1.807) is 0 Å². The molecule has 3 rings (SSSR count). The van der Waals surface area contributed by atoms with Gasteiger partial charge < -0.3 is 15.6 Å². The molecule has 0 bridgehead atoms. The molecule has 1 aromatic rings. The van der Waals surface area contributed by atoms with Gasteiger partial charge in [0.15, 0.2) is 0 Å². The van der Waals surface area contributed by atoms with E-state index in [2.05, 4.69) is 10.5 Å². The van der Waals surface area contributed by atoms with Crippen molar-refractivity contribution in [2.75, 3.05) is 5.75 Å². The number of thiophene rings is 1. The Morgan fingerprint density at radius 1 is 1.50 bits per heavy atom. The van der Waals surface area contributed by atoms with Gasteiger partial charge in [0, 0.05) is 16.2 Å². The fourth-order valence-electron chi connectivity index (χ4n) is 2.61. The molecule has 1 fully saturated rings. The molecule has 3 heterocycles. The van der Waals surface area contributed by atoms with Gasteiger partial charge in [0.25, 0.3) is 5.91 Å². The SMILES string of the molecule is O=C(Cc1cccs1)N[C@@H]1C(=O)N2C(C(=O)O)=C(/C=N/O)CS[C@H]12. The van der Waals surface area contributed by atoms with Gasteiger partial charge in [0.2, 0.25) is 5.91 Å². The van der Waals surface area contributed by atoms with Crippen molar-refractivity contribution in [3.05, 3.63) is 33.7 Å². The molecular weight excluding hydrogens is 354 g/mol. The number of fused-ring (bicyclic) bond motifs is 1. The molecule has 2 amide bonds. The molecule has 126 valence electrons. The third kappa shape index (κ3) is 2.89. The quantitative estimate of drug-likeness (QED) is 0.302. The summed E-state index contributed by atoms with van der Waals surface area (Å²) < 4.78 is 0. The van der Waals surface area contributed by atoms with E-state index < -0.39 is 23.3 Å². The summed E-state index contributed by atoms with van der Waals surface area (Å²) in [5.74, 6) is -1.75. The summed E-state index contributed by atoms with van der Waals surface area (Å²) in [6.45, 7) is 0. The first-order valence-corrected chi connectivity index (χ1v) is 8.86. The van der Waals surface area contributed by atoms with Crippen LogP contribution in [0.1, 0.15) is 4.88 Å². The molecule has 2 atom stereocenters. The van der Waals surface area contributed by atoms with Gasteiger partial charge in [-0.3, -0.25) is 14.5 Å². The minimum absolute atomic E-state index is 0.183. The zero-order valence-corrected chi connectivity index (χ0v) is 13.8. The molecule has 0 saturated carbocycles. The van der Waals surface area contributed by atoms with E-state index in [1.165, 1.54) is 23.1 Å². The topological polar surface area (TPSA) is 119 Å². The van der Waals surface area contributed by atoms with E-state index >= 15 is 0 Å². The van der Waals surface area contributed by atoms with E-state index in [-0.39, 0.29) is 29.4 Å². The molecule has 1 saturated heterocycles. The van der Waals surface area contributed by atoms with Crippen LogP contribution in [0.15, 0.2) is 33.9 Å². The fourth-order valence-corrected chi connectivity index (χ4v) is 4.61. The lowest BCUT2D eigenvalue weighted by atomic mass is 10.0. The first-order chi connectivity index (χ1) is 11.5. The minimum atomic E-state index is -1.27. The van der Waals surface area contributed by atoms with Crippen molar-refractivity contribution in [2.24, 2.45) is 5.16 Å². The molecule has 0 aromatic carbocycles. The number of carbonyl (C=O) groups excluding carboxylic acids is 2. The number of nitrogens with one attached hydrogen (secondary N) is 1. The normalized spacial score (nSPS) is 23.2. The van der Waals surface area contributed by atoms with Gasteiger partial charge in [-0.15, -0.1) is 23.1 Å². The maximum atomic E-state index is 12.3. The monoisotopic (exact) mass is 367 g/mol. The van der Waals surface area contributed by atoms with Gasteiger partial charge in [-0.05, 0) is 11.4 Å². The highest BCUT2D eigenvalue weighted by atomic mass is 32.2. The number of β-lactam (4-membered cyclic amide) rings is 1. The minimum Gasteiger partial charge on any atom is -0.477 e. The van der Waals surface area contributed by atoms with Crippen molar-refractivity contribution in [3.8, 4) is 0 Å². The molecule has 3 N–H and O–H groups in total.